The molecule has 9 heteroatoms. The number of piperazine rings is 1. The van der Waals surface area contributed by atoms with Crippen LogP contribution in [-0.2, 0) is 11.0 Å². The number of rotatable bonds is 5. The van der Waals surface area contributed by atoms with E-state index in [2.05, 4.69) is 20.2 Å². The summed E-state index contributed by atoms with van der Waals surface area (Å²) in [6.45, 7) is 2.82. The van der Waals surface area contributed by atoms with Crippen LogP contribution >= 0.6 is 0 Å². The Morgan fingerprint density at radius 1 is 1.07 bits per heavy atom. The molecule has 1 N–H and O–H groups in total. The Bertz CT molecular complexity index is 761. The molecule has 0 radical (unpaired) electrons. The Labute approximate surface area is 155 Å². The summed E-state index contributed by atoms with van der Waals surface area (Å²) in [5.41, 5.74) is -0.767. The standard InChI is InChI=1S/C18H20F3N5O/c19-18(20,21)14-4-7-22-15(13-14)23-8-5-17(27)26-11-9-25(10-12-26)16-3-1-2-6-24-16/h1-4,6-7,13H,5,8-12H2,(H,22,23). The molecule has 0 saturated carbocycles. The second kappa shape index (κ2) is 8.24. The summed E-state index contributed by atoms with van der Waals surface area (Å²) in [6, 6.07) is 7.57. The third-order valence-corrected chi connectivity index (χ3v) is 4.34. The lowest BCUT2D eigenvalue weighted by molar-refractivity contribution is -0.137. The fraction of sp³-hybridized carbons (Fsp3) is 0.389. The molecule has 2 aromatic heterocycles. The van der Waals surface area contributed by atoms with Crippen molar-refractivity contribution in [2.24, 2.45) is 0 Å². The number of carbonyl (C=O) groups is 1. The number of hydrogen-bond donors (Lipinski definition) is 1. The minimum absolute atomic E-state index is 0.0323. The summed E-state index contributed by atoms with van der Waals surface area (Å²) in [4.78, 5) is 24.4. The van der Waals surface area contributed by atoms with Gasteiger partial charge in [-0.15, -0.1) is 0 Å². The number of halogens is 3. The highest BCUT2D eigenvalue weighted by Crippen LogP contribution is 2.29. The lowest BCUT2D eigenvalue weighted by atomic mass is 10.2. The van der Waals surface area contributed by atoms with E-state index < -0.39 is 11.7 Å². The van der Waals surface area contributed by atoms with E-state index in [4.69, 9.17) is 0 Å². The molecular formula is C18H20F3N5O. The zero-order chi connectivity index (χ0) is 19.3. The smallest absolute Gasteiger partial charge is 0.370 e. The molecule has 1 saturated heterocycles. The Hall–Kier alpha value is -2.84. The van der Waals surface area contributed by atoms with Crippen LogP contribution < -0.4 is 10.2 Å². The van der Waals surface area contributed by atoms with Gasteiger partial charge < -0.3 is 15.1 Å². The van der Waals surface area contributed by atoms with Gasteiger partial charge in [0, 0.05) is 51.5 Å². The van der Waals surface area contributed by atoms with Gasteiger partial charge in [-0.3, -0.25) is 4.79 Å². The zero-order valence-electron chi connectivity index (χ0n) is 14.6. The van der Waals surface area contributed by atoms with Gasteiger partial charge >= 0.3 is 6.18 Å². The van der Waals surface area contributed by atoms with Crippen molar-refractivity contribution in [1.29, 1.82) is 0 Å². The molecule has 1 amide bonds. The van der Waals surface area contributed by atoms with E-state index in [9.17, 15) is 18.0 Å². The predicted octanol–water partition coefficient (Wildman–Crippen LogP) is 2.65. The molecular weight excluding hydrogens is 359 g/mol. The van der Waals surface area contributed by atoms with Gasteiger partial charge in [0.2, 0.25) is 5.91 Å². The summed E-state index contributed by atoms with van der Waals surface area (Å²) in [5.74, 6) is 0.967. The van der Waals surface area contributed by atoms with Crippen LogP contribution in [0.4, 0.5) is 24.8 Å². The monoisotopic (exact) mass is 379 g/mol. The van der Waals surface area contributed by atoms with Crippen molar-refractivity contribution in [1.82, 2.24) is 14.9 Å². The van der Waals surface area contributed by atoms with Crippen molar-refractivity contribution in [3.63, 3.8) is 0 Å². The third-order valence-electron chi connectivity index (χ3n) is 4.34. The summed E-state index contributed by atoms with van der Waals surface area (Å²) in [5, 5.41) is 2.78. The first-order valence-electron chi connectivity index (χ1n) is 8.64. The Balaban J connectivity index is 1.44. The summed E-state index contributed by atoms with van der Waals surface area (Å²) >= 11 is 0. The topological polar surface area (TPSA) is 61.4 Å². The lowest BCUT2D eigenvalue weighted by Crippen LogP contribution is -2.49. The van der Waals surface area contributed by atoms with Gasteiger partial charge in [0.15, 0.2) is 0 Å². The van der Waals surface area contributed by atoms with Gasteiger partial charge in [0.25, 0.3) is 0 Å². The number of pyridine rings is 2. The average molecular weight is 379 g/mol. The first-order chi connectivity index (χ1) is 12.9. The number of hydrogen-bond acceptors (Lipinski definition) is 5. The van der Waals surface area contributed by atoms with E-state index in [1.807, 2.05) is 18.2 Å². The van der Waals surface area contributed by atoms with Crippen LogP contribution in [0.3, 0.4) is 0 Å². The molecule has 0 atom stereocenters. The molecule has 1 aliphatic rings. The highest BCUT2D eigenvalue weighted by molar-refractivity contribution is 5.77. The quantitative estimate of drug-likeness (QED) is 0.866. The van der Waals surface area contributed by atoms with Crippen LogP contribution in [0.2, 0.25) is 0 Å². The van der Waals surface area contributed by atoms with E-state index in [0.717, 1.165) is 24.1 Å². The Morgan fingerprint density at radius 3 is 2.52 bits per heavy atom. The molecule has 144 valence electrons. The van der Waals surface area contributed by atoms with Crippen LogP contribution in [0, 0.1) is 0 Å². The molecule has 0 aliphatic carbocycles. The highest BCUT2D eigenvalue weighted by Gasteiger charge is 2.30. The van der Waals surface area contributed by atoms with Crippen molar-refractivity contribution in [2.75, 3.05) is 42.9 Å². The van der Waals surface area contributed by atoms with Gasteiger partial charge in [-0.1, -0.05) is 6.07 Å². The number of carbonyl (C=O) groups excluding carboxylic acids is 1. The second-order valence-corrected chi connectivity index (χ2v) is 6.16. The molecule has 0 aromatic carbocycles. The maximum absolute atomic E-state index is 12.7. The predicted molar refractivity (Wildman–Crippen MR) is 95.4 cm³/mol. The van der Waals surface area contributed by atoms with Crippen molar-refractivity contribution in [3.05, 3.63) is 48.3 Å². The fourth-order valence-corrected chi connectivity index (χ4v) is 2.88. The molecule has 27 heavy (non-hydrogen) atoms. The molecule has 3 rings (SSSR count). The number of alkyl halides is 3. The van der Waals surface area contributed by atoms with Gasteiger partial charge in [-0.2, -0.15) is 13.2 Å². The fourth-order valence-electron chi connectivity index (χ4n) is 2.88. The van der Waals surface area contributed by atoms with Crippen LogP contribution in [-0.4, -0.2) is 53.5 Å². The zero-order valence-corrected chi connectivity index (χ0v) is 14.6. The van der Waals surface area contributed by atoms with Crippen molar-refractivity contribution in [3.8, 4) is 0 Å². The number of aromatic nitrogens is 2. The molecule has 1 fully saturated rings. The van der Waals surface area contributed by atoms with Gasteiger partial charge in [-0.05, 0) is 24.3 Å². The van der Waals surface area contributed by atoms with E-state index >= 15 is 0 Å². The third kappa shape index (κ3) is 5.08. The van der Waals surface area contributed by atoms with E-state index in [-0.39, 0.29) is 24.7 Å². The minimum atomic E-state index is -4.41. The normalized spacial score (nSPS) is 14.9. The van der Waals surface area contributed by atoms with Crippen LogP contribution in [0.15, 0.2) is 42.7 Å². The number of anilines is 2. The molecule has 3 heterocycles. The Morgan fingerprint density at radius 2 is 1.85 bits per heavy atom. The first-order valence-corrected chi connectivity index (χ1v) is 8.64. The molecule has 0 unspecified atom stereocenters. The van der Waals surface area contributed by atoms with Gasteiger partial charge in [0.05, 0.1) is 5.56 Å². The van der Waals surface area contributed by atoms with Crippen LogP contribution in [0.5, 0.6) is 0 Å². The lowest BCUT2D eigenvalue weighted by Gasteiger charge is -2.35. The summed E-state index contributed by atoms with van der Waals surface area (Å²) in [6.07, 6.45) is -1.38. The van der Waals surface area contributed by atoms with E-state index in [1.54, 1.807) is 11.1 Å². The number of nitrogens with zero attached hydrogens (tertiary/aromatic N) is 4. The number of nitrogens with one attached hydrogen (secondary N) is 1. The SMILES string of the molecule is O=C(CCNc1cc(C(F)(F)F)ccn1)N1CCN(c2ccccn2)CC1. The van der Waals surface area contributed by atoms with Crippen molar-refractivity contribution >= 4 is 17.5 Å². The molecule has 1 aliphatic heterocycles. The maximum Gasteiger partial charge on any atom is 0.416 e. The molecule has 6 nitrogen and oxygen atoms in total. The van der Waals surface area contributed by atoms with E-state index in [1.165, 1.54) is 0 Å². The first kappa shape index (κ1) is 18.9. The maximum atomic E-state index is 12.7. The summed E-state index contributed by atoms with van der Waals surface area (Å²) in [7, 11) is 0. The largest absolute Gasteiger partial charge is 0.416 e. The molecule has 0 bridgehead atoms. The number of amides is 1. The van der Waals surface area contributed by atoms with Gasteiger partial charge in [0.1, 0.15) is 11.6 Å². The van der Waals surface area contributed by atoms with Gasteiger partial charge in [-0.25, -0.2) is 9.97 Å². The van der Waals surface area contributed by atoms with E-state index in [0.29, 0.717) is 26.2 Å². The molecule has 0 spiro atoms. The van der Waals surface area contributed by atoms with Crippen LogP contribution in [0.25, 0.3) is 0 Å². The Kier molecular flexibility index (Phi) is 5.78. The highest BCUT2D eigenvalue weighted by atomic mass is 19.4. The molecule has 2 aromatic rings. The van der Waals surface area contributed by atoms with Crippen LogP contribution in [0.1, 0.15) is 12.0 Å². The van der Waals surface area contributed by atoms with Crippen molar-refractivity contribution in [2.45, 2.75) is 12.6 Å². The average Bonchev–Trinajstić information content (AvgIpc) is 2.68. The second-order valence-electron chi connectivity index (χ2n) is 6.16. The van der Waals surface area contributed by atoms with Crippen molar-refractivity contribution < 1.29 is 18.0 Å². The minimum Gasteiger partial charge on any atom is -0.370 e. The summed E-state index contributed by atoms with van der Waals surface area (Å²) < 4.78 is 38.1.